The van der Waals surface area contributed by atoms with Crippen LogP contribution in [0.2, 0.25) is 10.0 Å². The van der Waals surface area contributed by atoms with Crippen LogP contribution in [0.5, 0.6) is 11.5 Å². The van der Waals surface area contributed by atoms with Crippen LogP contribution in [0.15, 0.2) is 72.8 Å². The molecule has 8 heteroatoms. The van der Waals surface area contributed by atoms with E-state index >= 15 is 0 Å². The van der Waals surface area contributed by atoms with E-state index in [0.29, 0.717) is 41.8 Å². The number of rotatable bonds is 15. The van der Waals surface area contributed by atoms with E-state index in [2.05, 4.69) is 12.2 Å². The number of unbranched alkanes of at least 4 members (excludes halogenated alkanes) is 1. The van der Waals surface area contributed by atoms with Gasteiger partial charge in [-0.15, -0.1) is 0 Å². The maximum Gasteiger partial charge on any atom is 0.243 e. The second-order valence-corrected chi connectivity index (χ2v) is 10.1. The molecule has 0 saturated heterocycles. The third-order valence-corrected chi connectivity index (χ3v) is 7.04. The zero-order valence-electron chi connectivity index (χ0n) is 22.5. The van der Waals surface area contributed by atoms with Crippen LogP contribution >= 0.6 is 23.2 Å². The van der Waals surface area contributed by atoms with Crippen molar-refractivity contribution in [3.05, 3.63) is 94.0 Å². The summed E-state index contributed by atoms with van der Waals surface area (Å²) >= 11 is 12.4. The van der Waals surface area contributed by atoms with Gasteiger partial charge in [0.15, 0.2) is 0 Å². The third kappa shape index (κ3) is 9.79. The maximum absolute atomic E-state index is 13.7. The smallest absolute Gasteiger partial charge is 0.243 e. The first-order valence-electron chi connectivity index (χ1n) is 13.2. The molecule has 0 aromatic heterocycles. The summed E-state index contributed by atoms with van der Waals surface area (Å²) in [6.07, 6.45) is 2.95. The molecule has 0 saturated carbocycles. The molecule has 0 spiro atoms. The van der Waals surface area contributed by atoms with Crippen LogP contribution in [-0.4, -0.2) is 43.0 Å². The van der Waals surface area contributed by atoms with Crippen molar-refractivity contribution >= 4 is 35.0 Å². The second-order valence-electron chi connectivity index (χ2n) is 9.25. The molecule has 1 N–H and O–H groups in total. The average Bonchev–Trinajstić information content (AvgIpc) is 2.95. The first-order valence-corrected chi connectivity index (χ1v) is 14.0. The Labute approximate surface area is 241 Å². The van der Waals surface area contributed by atoms with Crippen LogP contribution in [-0.2, 0) is 22.6 Å². The lowest BCUT2D eigenvalue weighted by atomic mass is 10.0. The number of nitrogens with one attached hydrogen (secondary N) is 1. The highest BCUT2D eigenvalue weighted by Crippen LogP contribution is 2.25. The first-order chi connectivity index (χ1) is 18.9. The molecular formula is C31H36Cl2N2O4. The number of carbonyl (C=O) groups is 2. The Hall–Kier alpha value is -3.22. The van der Waals surface area contributed by atoms with Gasteiger partial charge in [0, 0.05) is 25.9 Å². The van der Waals surface area contributed by atoms with Crippen molar-refractivity contribution in [1.82, 2.24) is 10.2 Å². The topological polar surface area (TPSA) is 67.9 Å². The number of carbonyl (C=O) groups excluding carboxylic acids is 2. The van der Waals surface area contributed by atoms with Gasteiger partial charge in [-0.2, -0.15) is 0 Å². The highest BCUT2D eigenvalue weighted by Gasteiger charge is 2.30. The van der Waals surface area contributed by atoms with Gasteiger partial charge < -0.3 is 19.7 Å². The van der Waals surface area contributed by atoms with E-state index in [4.69, 9.17) is 32.7 Å². The van der Waals surface area contributed by atoms with Gasteiger partial charge in [-0.05, 0) is 60.4 Å². The van der Waals surface area contributed by atoms with Crippen LogP contribution in [0.1, 0.15) is 43.7 Å². The molecule has 0 aliphatic carbocycles. The molecule has 0 aliphatic rings. The molecule has 1 atom stereocenters. The molecular weight excluding hydrogens is 535 g/mol. The van der Waals surface area contributed by atoms with Crippen LogP contribution in [0.3, 0.4) is 0 Å². The summed E-state index contributed by atoms with van der Waals surface area (Å²) in [6, 6.07) is 21.6. The Morgan fingerprint density at radius 2 is 1.62 bits per heavy atom. The van der Waals surface area contributed by atoms with Crippen LogP contribution in [0.25, 0.3) is 0 Å². The van der Waals surface area contributed by atoms with E-state index in [0.717, 1.165) is 29.7 Å². The summed E-state index contributed by atoms with van der Waals surface area (Å²) in [5.74, 6) is 1.14. The van der Waals surface area contributed by atoms with Crippen molar-refractivity contribution in [2.24, 2.45) is 0 Å². The maximum atomic E-state index is 13.7. The molecule has 3 aromatic carbocycles. The monoisotopic (exact) mass is 570 g/mol. The van der Waals surface area contributed by atoms with Crippen LogP contribution in [0, 0.1) is 0 Å². The lowest BCUT2D eigenvalue weighted by molar-refractivity contribution is -0.141. The summed E-state index contributed by atoms with van der Waals surface area (Å²) in [6.45, 7) is 3.23. The second kappa shape index (κ2) is 16.0. The zero-order valence-corrected chi connectivity index (χ0v) is 24.0. The fourth-order valence-corrected chi connectivity index (χ4v) is 4.44. The van der Waals surface area contributed by atoms with Crippen molar-refractivity contribution in [3.8, 4) is 11.5 Å². The highest BCUT2D eigenvalue weighted by molar-refractivity contribution is 6.42. The Bertz CT molecular complexity index is 1190. The van der Waals surface area contributed by atoms with Gasteiger partial charge in [0.25, 0.3) is 0 Å². The standard InChI is InChI=1S/C31H36Cl2N2O4/c1-3-4-18-34-31(37)29(21-23-9-6-5-7-10-23)35(22-24-12-17-27(32)28(33)20-24)30(36)11-8-19-39-26-15-13-25(38-2)14-16-26/h5-7,9-10,12-17,20,29H,3-4,8,11,18-19,21-22H2,1-2H3,(H,34,37)/t29-/m0/s1. The molecule has 208 valence electrons. The molecule has 0 aliphatic heterocycles. The number of ether oxygens (including phenoxy) is 2. The molecule has 39 heavy (non-hydrogen) atoms. The normalized spacial score (nSPS) is 11.5. The van der Waals surface area contributed by atoms with Gasteiger partial charge in [-0.1, -0.05) is 72.9 Å². The van der Waals surface area contributed by atoms with Crippen molar-refractivity contribution in [2.45, 2.75) is 51.6 Å². The Balaban J connectivity index is 1.78. The molecule has 6 nitrogen and oxygen atoms in total. The van der Waals surface area contributed by atoms with E-state index in [1.54, 1.807) is 24.1 Å². The number of hydrogen-bond acceptors (Lipinski definition) is 4. The molecule has 0 bridgehead atoms. The van der Waals surface area contributed by atoms with E-state index in [-0.39, 0.29) is 24.8 Å². The van der Waals surface area contributed by atoms with Gasteiger partial charge in [0.05, 0.1) is 23.8 Å². The lowest BCUT2D eigenvalue weighted by Gasteiger charge is -2.32. The minimum Gasteiger partial charge on any atom is -0.497 e. The quantitative estimate of drug-likeness (QED) is 0.206. The van der Waals surface area contributed by atoms with Crippen molar-refractivity contribution < 1.29 is 19.1 Å². The van der Waals surface area contributed by atoms with Gasteiger partial charge in [0.1, 0.15) is 17.5 Å². The third-order valence-electron chi connectivity index (χ3n) is 6.30. The van der Waals surface area contributed by atoms with E-state index in [1.807, 2.05) is 60.7 Å². The Morgan fingerprint density at radius 3 is 2.28 bits per heavy atom. The Morgan fingerprint density at radius 1 is 0.897 bits per heavy atom. The van der Waals surface area contributed by atoms with Crippen molar-refractivity contribution in [3.63, 3.8) is 0 Å². The van der Waals surface area contributed by atoms with Gasteiger partial charge in [-0.25, -0.2) is 0 Å². The van der Waals surface area contributed by atoms with Crippen LogP contribution < -0.4 is 14.8 Å². The first kappa shape index (κ1) is 30.3. The lowest BCUT2D eigenvalue weighted by Crippen LogP contribution is -2.50. The molecule has 2 amide bonds. The number of benzene rings is 3. The fourth-order valence-electron chi connectivity index (χ4n) is 4.12. The number of amides is 2. The minimum absolute atomic E-state index is 0.133. The fraction of sp³-hybridized carbons (Fsp3) is 0.355. The summed E-state index contributed by atoms with van der Waals surface area (Å²) in [5.41, 5.74) is 1.77. The minimum atomic E-state index is -0.686. The predicted molar refractivity (Wildman–Crippen MR) is 157 cm³/mol. The van der Waals surface area contributed by atoms with E-state index in [1.165, 1.54) is 0 Å². The zero-order chi connectivity index (χ0) is 28.0. The molecule has 3 aromatic rings. The summed E-state index contributed by atoms with van der Waals surface area (Å²) in [5, 5.41) is 3.87. The van der Waals surface area contributed by atoms with Gasteiger partial charge in [-0.3, -0.25) is 9.59 Å². The van der Waals surface area contributed by atoms with Crippen molar-refractivity contribution in [1.29, 1.82) is 0 Å². The van der Waals surface area contributed by atoms with Crippen molar-refractivity contribution in [2.75, 3.05) is 20.3 Å². The largest absolute Gasteiger partial charge is 0.497 e. The van der Waals surface area contributed by atoms with Crippen LogP contribution in [0.4, 0.5) is 0 Å². The number of halogens is 2. The predicted octanol–water partition coefficient (Wildman–Crippen LogP) is 6.72. The molecule has 0 unspecified atom stereocenters. The van der Waals surface area contributed by atoms with E-state index < -0.39 is 6.04 Å². The van der Waals surface area contributed by atoms with Gasteiger partial charge in [0.2, 0.25) is 11.8 Å². The number of nitrogens with zero attached hydrogens (tertiary/aromatic N) is 1. The molecule has 0 heterocycles. The van der Waals surface area contributed by atoms with Gasteiger partial charge >= 0.3 is 0 Å². The molecule has 3 rings (SSSR count). The molecule has 0 fully saturated rings. The summed E-state index contributed by atoms with van der Waals surface area (Å²) in [4.78, 5) is 28.8. The summed E-state index contributed by atoms with van der Waals surface area (Å²) in [7, 11) is 1.61. The molecule has 0 radical (unpaired) electrons. The van der Waals surface area contributed by atoms with E-state index in [9.17, 15) is 9.59 Å². The summed E-state index contributed by atoms with van der Waals surface area (Å²) < 4.78 is 11.0. The Kier molecular flexibility index (Phi) is 12.5. The SMILES string of the molecule is CCCCNC(=O)[C@H](Cc1ccccc1)N(Cc1ccc(Cl)c(Cl)c1)C(=O)CCCOc1ccc(OC)cc1. The number of hydrogen-bond donors (Lipinski definition) is 1. The highest BCUT2D eigenvalue weighted by atomic mass is 35.5. The number of methoxy groups -OCH3 is 1. The average molecular weight is 572 g/mol.